The number of aliphatic hydroxyl groups excluding tert-OH is 1. The maximum atomic E-state index is 12.9. The first kappa shape index (κ1) is 19.7. The number of hydrogen-bond donors (Lipinski definition) is 1. The van der Waals surface area contributed by atoms with E-state index in [-0.39, 0.29) is 16.9 Å². The lowest BCUT2D eigenvalue weighted by Gasteiger charge is -2.32. The summed E-state index contributed by atoms with van der Waals surface area (Å²) in [5.74, 6) is 0.00969. The number of alkyl halides is 3. The molecule has 0 spiro atoms. The Kier molecular flexibility index (Phi) is 5.23. The van der Waals surface area contributed by atoms with Crippen LogP contribution in [0.4, 0.5) is 13.2 Å². The van der Waals surface area contributed by atoms with Gasteiger partial charge in [0.1, 0.15) is 0 Å². The maximum absolute atomic E-state index is 12.9. The van der Waals surface area contributed by atoms with Gasteiger partial charge in [0.2, 0.25) is 5.88 Å². The Bertz CT molecular complexity index is 658. The van der Waals surface area contributed by atoms with Gasteiger partial charge in [0.15, 0.2) is 0 Å². The molecule has 0 saturated carbocycles. The van der Waals surface area contributed by atoms with Crippen LogP contribution >= 0.6 is 0 Å². The molecule has 0 atom stereocenters. The molecule has 0 aromatic carbocycles. The fourth-order valence-electron chi connectivity index (χ4n) is 2.28. The first-order valence-electron chi connectivity index (χ1n) is 7.69. The van der Waals surface area contributed by atoms with E-state index in [1.807, 2.05) is 27.7 Å². The third-order valence-corrected chi connectivity index (χ3v) is 4.48. The molecule has 5 nitrogen and oxygen atoms in total. The van der Waals surface area contributed by atoms with Crippen LogP contribution in [0.3, 0.4) is 0 Å². The van der Waals surface area contributed by atoms with Gasteiger partial charge < -0.3 is 19.2 Å². The quantitative estimate of drug-likeness (QED) is 0.838. The average molecular weight is 359 g/mol. The van der Waals surface area contributed by atoms with Crippen LogP contribution in [0.1, 0.15) is 38.8 Å². The number of pyridine rings is 1. The first-order valence-corrected chi connectivity index (χ1v) is 7.69. The molecule has 1 aliphatic heterocycles. The fourth-order valence-corrected chi connectivity index (χ4v) is 2.28. The number of hydrogen-bond acceptors (Lipinski definition) is 5. The number of aliphatic hydroxyl groups is 1. The Morgan fingerprint density at radius 1 is 1.28 bits per heavy atom. The highest BCUT2D eigenvalue weighted by molar-refractivity contribution is 6.55. The fraction of sp³-hybridized carbons (Fsp3) is 0.562. The van der Waals surface area contributed by atoms with E-state index >= 15 is 0 Å². The van der Waals surface area contributed by atoms with E-state index in [0.717, 1.165) is 6.07 Å². The monoisotopic (exact) mass is 359 g/mol. The van der Waals surface area contributed by atoms with Crippen molar-refractivity contribution in [2.75, 3.05) is 13.7 Å². The van der Waals surface area contributed by atoms with Crippen LogP contribution in [0.2, 0.25) is 0 Å². The lowest BCUT2D eigenvalue weighted by Crippen LogP contribution is -2.41. The average Bonchev–Trinajstić information content (AvgIpc) is 2.71. The number of methoxy groups -OCH3 is 1. The highest BCUT2D eigenvalue weighted by Gasteiger charge is 2.52. The Morgan fingerprint density at radius 3 is 2.28 bits per heavy atom. The summed E-state index contributed by atoms with van der Waals surface area (Å²) in [7, 11) is 0.426. The molecule has 1 N–H and O–H groups in total. The van der Waals surface area contributed by atoms with Crippen LogP contribution in [0, 0.1) is 0 Å². The zero-order valence-electron chi connectivity index (χ0n) is 14.8. The molecule has 9 heteroatoms. The van der Waals surface area contributed by atoms with E-state index in [9.17, 15) is 18.3 Å². The second kappa shape index (κ2) is 6.62. The van der Waals surface area contributed by atoms with Crippen molar-refractivity contribution in [3.63, 3.8) is 0 Å². The summed E-state index contributed by atoms with van der Waals surface area (Å²) < 4.78 is 55.4. The van der Waals surface area contributed by atoms with Crippen LogP contribution < -0.4 is 4.74 Å². The van der Waals surface area contributed by atoms with E-state index in [1.165, 1.54) is 13.2 Å². The molecule has 1 aromatic heterocycles. The second-order valence-electron chi connectivity index (χ2n) is 6.79. The van der Waals surface area contributed by atoms with Gasteiger partial charge in [-0.25, -0.2) is 4.98 Å². The van der Waals surface area contributed by atoms with Crippen molar-refractivity contribution in [3.05, 3.63) is 28.9 Å². The van der Waals surface area contributed by atoms with Crippen molar-refractivity contribution in [2.24, 2.45) is 0 Å². The van der Waals surface area contributed by atoms with Crippen molar-refractivity contribution in [3.8, 4) is 5.88 Å². The number of halogens is 3. The minimum atomic E-state index is -4.54. The molecular weight excluding hydrogens is 338 g/mol. The topological polar surface area (TPSA) is 60.8 Å². The highest BCUT2D eigenvalue weighted by Crippen LogP contribution is 2.39. The Morgan fingerprint density at radius 2 is 1.84 bits per heavy atom. The van der Waals surface area contributed by atoms with E-state index in [4.69, 9.17) is 14.0 Å². The van der Waals surface area contributed by atoms with Crippen molar-refractivity contribution >= 4 is 13.2 Å². The molecule has 0 unspecified atom stereocenters. The van der Waals surface area contributed by atoms with Crippen LogP contribution in [0.15, 0.2) is 17.7 Å². The molecule has 0 bridgehead atoms. The van der Waals surface area contributed by atoms with Gasteiger partial charge in [-0.15, -0.1) is 0 Å². The number of nitrogens with zero attached hydrogens (tertiary/aromatic N) is 1. The molecule has 1 saturated heterocycles. The smallest absolute Gasteiger partial charge is 0.481 e. The highest BCUT2D eigenvalue weighted by atomic mass is 19.4. The predicted molar refractivity (Wildman–Crippen MR) is 86.9 cm³/mol. The van der Waals surface area contributed by atoms with E-state index in [1.54, 1.807) is 0 Å². The molecule has 0 amide bonds. The summed E-state index contributed by atoms with van der Waals surface area (Å²) in [6, 6.07) is 0.909. The summed E-state index contributed by atoms with van der Waals surface area (Å²) in [5.41, 5.74) is -1.83. The molecule has 0 radical (unpaired) electrons. The van der Waals surface area contributed by atoms with E-state index < -0.39 is 36.7 Å². The molecule has 0 aliphatic carbocycles. The molecule has 25 heavy (non-hydrogen) atoms. The molecule has 1 fully saturated rings. The normalized spacial score (nSPS) is 20.0. The molecular formula is C16H21BF3NO4. The molecule has 2 heterocycles. The summed E-state index contributed by atoms with van der Waals surface area (Å²) in [6.45, 7) is 6.92. The molecule has 1 aromatic rings. The van der Waals surface area contributed by atoms with Gasteiger partial charge in [-0.1, -0.05) is 6.08 Å². The second-order valence-corrected chi connectivity index (χ2v) is 6.79. The summed E-state index contributed by atoms with van der Waals surface area (Å²) in [6.07, 6.45) is -2.49. The Hall–Kier alpha value is -1.58. The molecule has 138 valence electrons. The van der Waals surface area contributed by atoms with E-state index in [2.05, 4.69) is 4.98 Å². The van der Waals surface area contributed by atoms with Crippen LogP contribution in [0.25, 0.3) is 6.08 Å². The van der Waals surface area contributed by atoms with Gasteiger partial charge in [-0.2, -0.15) is 13.2 Å². The molecule has 2 rings (SSSR count). The van der Waals surface area contributed by atoms with Gasteiger partial charge in [0, 0.05) is 11.8 Å². The summed E-state index contributed by atoms with van der Waals surface area (Å²) in [4.78, 5) is 3.68. The number of aromatic nitrogens is 1. The van der Waals surface area contributed by atoms with Gasteiger partial charge in [-0.05, 0) is 39.2 Å². The minimum absolute atomic E-state index is 0.00969. The Labute approximate surface area is 144 Å². The maximum Gasteiger partial charge on any atom is 0.492 e. The van der Waals surface area contributed by atoms with Crippen LogP contribution in [-0.2, 0) is 15.5 Å². The van der Waals surface area contributed by atoms with E-state index in [0.29, 0.717) is 6.20 Å². The van der Waals surface area contributed by atoms with Crippen molar-refractivity contribution in [1.82, 2.24) is 4.98 Å². The molecule has 1 aliphatic rings. The zero-order chi connectivity index (χ0) is 19.0. The van der Waals surface area contributed by atoms with Gasteiger partial charge in [0.25, 0.3) is 0 Å². The zero-order valence-corrected chi connectivity index (χ0v) is 14.8. The summed E-state index contributed by atoms with van der Waals surface area (Å²) >= 11 is 0. The van der Waals surface area contributed by atoms with Crippen LogP contribution in [0.5, 0.6) is 5.88 Å². The summed E-state index contributed by atoms with van der Waals surface area (Å²) in [5, 5.41) is 9.67. The van der Waals surface area contributed by atoms with Gasteiger partial charge >= 0.3 is 13.3 Å². The standard InChI is InChI=1S/C16H21BF3NO4/c1-14(2)15(3,4)25-17(24-14)12(9-22)7-10-6-11(16(18,19)20)8-21-13(10)23-5/h6-8,22H,9H2,1-5H3. The number of ether oxygens (including phenoxy) is 1. The minimum Gasteiger partial charge on any atom is -0.481 e. The Balaban J connectivity index is 2.43. The SMILES string of the molecule is COc1ncc(C(F)(F)F)cc1C=C(CO)B1OC(C)(C)C(C)(C)O1. The largest absolute Gasteiger partial charge is 0.492 e. The van der Waals surface area contributed by atoms with Gasteiger partial charge in [0.05, 0.1) is 30.5 Å². The lowest BCUT2D eigenvalue weighted by molar-refractivity contribution is -0.137. The van der Waals surface area contributed by atoms with Gasteiger partial charge in [-0.3, -0.25) is 0 Å². The van der Waals surface area contributed by atoms with Crippen LogP contribution in [-0.4, -0.2) is 42.1 Å². The third-order valence-electron chi connectivity index (χ3n) is 4.48. The van der Waals surface area contributed by atoms with Crippen molar-refractivity contribution < 1.29 is 32.3 Å². The predicted octanol–water partition coefficient (Wildman–Crippen LogP) is 3.12. The van der Waals surface area contributed by atoms with Crippen molar-refractivity contribution in [1.29, 1.82) is 0 Å². The number of rotatable bonds is 4. The van der Waals surface area contributed by atoms with Crippen molar-refractivity contribution in [2.45, 2.75) is 45.1 Å². The lowest BCUT2D eigenvalue weighted by atomic mass is 9.77. The first-order chi connectivity index (χ1) is 11.4. The third kappa shape index (κ3) is 3.99.